The molecule has 1 unspecified atom stereocenters. The molecule has 5 heterocycles. The third kappa shape index (κ3) is 5.35. The zero-order chi connectivity index (χ0) is 34.8. The van der Waals surface area contributed by atoms with Crippen molar-refractivity contribution in [2.24, 2.45) is 0 Å². The Morgan fingerprint density at radius 1 is 0.960 bits per heavy atom. The first-order valence-electron chi connectivity index (χ1n) is 16.9. The zero-order valence-corrected chi connectivity index (χ0v) is 27.5. The van der Waals surface area contributed by atoms with Crippen LogP contribution >= 0.6 is 0 Å². The smallest absolute Gasteiger partial charge is 0.262 e. The van der Waals surface area contributed by atoms with E-state index in [1.54, 1.807) is 43.5 Å². The normalized spacial score (nSPS) is 25.6. The van der Waals surface area contributed by atoms with Gasteiger partial charge >= 0.3 is 0 Å². The van der Waals surface area contributed by atoms with Crippen molar-refractivity contribution >= 4 is 29.4 Å². The number of anilines is 1. The Morgan fingerprint density at radius 3 is 2.42 bits per heavy atom. The third-order valence-electron chi connectivity index (χ3n) is 10.9. The van der Waals surface area contributed by atoms with Crippen molar-refractivity contribution in [2.45, 2.75) is 74.7 Å². The van der Waals surface area contributed by atoms with Crippen LogP contribution in [0.4, 0.5) is 5.82 Å². The number of nitrogens with two attached hydrogens (primary N) is 1. The standard InChI is InChI=1S/C37H36N6O7/c1-49-36(12-9-22-17-27(40-41-32(22)38)24-4-2-3-5-29(24)44)14-10-23(11-15-36)42-19-37(20-42)13-8-21-16-25-26(18-30(21)50-37)35(48)43(34(25)47)28-6-7-31(45)39-33(28)46/h2-5,16-18,23,28,44H,6-8,10-11,13-15,19-20H2,1H3,(H2,38,41)(H,39,45,46). The number of carbonyl (C=O) groups excluding carboxylic acids is 4. The highest BCUT2D eigenvalue weighted by molar-refractivity contribution is 6.23. The first-order valence-corrected chi connectivity index (χ1v) is 16.9. The Morgan fingerprint density at radius 2 is 1.70 bits per heavy atom. The molecule has 3 fully saturated rings. The number of phenolic OH excluding ortho intramolecular Hbond substituents is 1. The molecule has 0 radical (unpaired) electrons. The molecule has 2 aromatic carbocycles. The molecule has 8 rings (SSSR count). The van der Waals surface area contributed by atoms with Gasteiger partial charge in [-0.3, -0.25) is 34.3 Å². The summed E-state index contributed by atoms with van der Waals surface area (Å²) < 4.78 is 12.6. The fraction of sp³-hybridized carbons (Fsp3) is 0.405. The van der Waals surface area contributed by atoms with E-state index in [9.17, 15) is 24.3 Å². The number of rotatable bonds is 4. The summed E-state index contributed by atoms with van der Waals surface area (Å²) in [5, 5.41) is 20.7. The molecule has 50 heavy (non-hydrogen) atoms. The molecule has 3 aromatic rings. The topological polar surface area (TPSA) is 177 Å². The molecule has 4 N–H and O–H groups in total. The Labute approximate surface area is 288 Å². The van der Waals surface area contributed by atoms with Gasteiger partial charge < -0.3 is 20.3 Å². The van der Waals surface area contributed by atoms with Gasteiger partial charge in [0, 0.05) is 38.2 Å². The van der Waals surface area contributed by atoms with E-state index in [2.05, 4.69) is 32.3 Å². The number of ether oxygens (including phenoxy) is 2. The van der Waals surface area contributed by atoms with Gasteiger partial charge in [-0.15, -0.1) is 10.2 Å². The predicted molar refractivity (Wildman–Crippen MR) is 179 cm³/mol. The van der Waals surface area contributed by atoms with E-state index >= 15 is 0 Å². The minimum Gasteiger partial charge on any atom is -0.507 e. The summed E-state index contributed by atoms with van der Waals surface area (Å²) in [7, 11) is 1.68. The molecular weight excluding hydrogens is 640 g/mol. The number of imide groups is 2. The quantitative estimate of drug-likeness (QED) is 0.273. The highest BCUT2D eigenvalue weighted by Gasteiger charge is 2.52. The van der Waals surface area contributed by atoms with Crippen LogP contribution in [0.5, 0.6) is 11.5 Å². The van der Waals surface area contributed by atoms with E-state index in [1.165, 1.54) is 0 Å². The number of amides is 4. The summed E-state index contributed by atoms with van der Waals surface area (Å²) >= 11 is 0. The lowest BCUT2D eigenvalue weighted by molar-refractivity contribution is -0.136. The zero-order valence-electron chi connectivity index (χ0n) is 27.5. The van der Waals surface area contributed by atoms with Crippen LogP contribution in [0, 0.1) is 11.8 Å². The van der Waals surface area contributed by atoms with Crippen LogP contribution in [0.2, 0.25) is 0 Å². The van der Waals surface area contributed by atoms with Crippen molar-refractivity contribution in [3.05, 3.63) is 64.7 Å². The maximum absolute atomic E-state index is 13.4. The minimum atomic E-state index is -1.00. The summed E-state index contributed by atoms with van der Waals surface area (Å²) in [6.07, 6.45) is 4.95. The fourth-order valence-electron chi connectivity index (χ4n) is 7.97. The number of methoxy groups -OCH3 is 1. The maximum atomic E-state index is 13.4. The van der Waals surface area contributed by atoms with Gasteiger partial charge in [0.15, 0.2) is 5.82 Å². The van der Waals surface area contributed by atoms with Crippen LogP contribution in [-0.4, -0.2) is 92.2 Å². The number of hydrogen-bond donors (Lipinski definition) is 3. The second kappa shape index (κ2) is 11.9. The first kappa shape index (κ1) is 31.9. The first-order chi connectivity index (χ1) is 24.1. The van der Waals surface area contributed by atoms with Crippen molar-refractivity contribution in [3.63, 3.8) is 0 Å². The predicted octanol–water partition coefficient (Wildman–Crippen LogP) is 2.59. The van der Waals surface area contributed by atoms with Gasteiger partial charge in [0.1, 0.15) is 28.7 Å². The molecule has 13 nitrogen and oxygen atoms in total. The third-order valence-corrected chi connectivity index (χ3v) is 10.9. The summed E-state index contributed by atoms with van der Waals surface area (Å²) in [5.41, 5.74) is 8.05. The lowest BCUT2D eigenvalue weighted by Crippen LogP contribution is -2.68. The number of nitrogen functional groups attached to an aromatic ring is 1. The SMILES string of the molecule is COC1(C#Cc2cc(-c3ccccc3O)nnc2N)CCC(N2CC3(CCc4cc5c(cc4O3)C(=O)N(C3CCC(=O)NC3=O)C5=O)C2)CC1. The van der Waals surface area contributed by atoms with Gasteiger partial charge in [0.25, 0.3) is 11.8 Å². The molecule has 1 spiro atoms. The lowest BCUT2D eigenvalue weighted by Gasteiger charge is -2.55. The number of phenols is 1. The van der Waals surface area contributed by atoms with E-state index < -0.39 is 35.3 Å². The van der Waals surface area contributed by atoms with Crippen LogP contribution in [-0.2, 0) is 20.7 Å². The second-order valence-electron chi connectivity index (χ2n) is 13.9. The second-order valence-corrected chi connectivity index (χ2v) is 13.9. The number of nitrogens with one attached hydrogen (secondary N) is 1. The molecule has 0 bridgehead atoms. The van der Waals surface area contributed by atoms with E-state index in [-0.39, 0.29) is 41.1 Å². The van der Waals surface area contributed by atoms with Gasteiger partial charge in [0.2, 0.25) is 11.8 Å². The molecule has 1 aromatic heterocycles. The van der Waals surface area contributed by atoms with Gasteiger partial charge in [-0.2, -0.15) is 0 Å². The number of para-hydroxylation sites is 1. The Kier molecular flexibility index (Phi) is 7.61. The number of benzene rings is 2. The number of nitrogens with zero attached hydrogens (tertiary/aromatic N) is 4. The summed E-state index contributed by atoms with van der Waals surface area (Å²) in [6.45, 7) is 1.51. The molecule has 5 aliphatic rings. The highest BCUT2D eigenvalue weighted by Crippen LogP contribution is 2.44. The summed E-state index contributed by atoms with van der Waals surface area (Å²) in [4.78, 5) is 54.2. The number of aryl methyl sites for hydroxylation is 1. The number of aromatic hydroxyl groups is 1. The molecule has 13 heteroatoms. The number of fused-ring (bicyclic) bond motifs is 2. The van der Waals surface area contributed by atoms with Gasteiger partial charge in [-0.1, -0.05) is 24.0 Å². The average molecular weight is 677 g/mol. The average Bonchev–Trinajstić information content (AvgIpc) is 3.34. The number of aromatic nitrogens is 2. The van der Waals surface area contributed by atoms with Gasteiger partial charge in [-0.05, 0) is 80.8 Å². The molecule has 2 saturated heterocycles. The number of carbonyl (C=O) groups is 4. The molecule has 1 aliphatic carbocycles. The van der Waals surface area contributed by atoms with E-state index in [0.29, 0.717) is 35.0 Å². The van der Waals surface area contributed by atoms with Crippen molar-refractivity contribution < 1.29 is 33.8 Å². The van der Waals surface area contributed by atoms with E-state index in [4.69, 9.17) is 15.2 Å². The highest BCUT2D eigenvalue weighted by atomic mass is 16.5. The molecule has 1 atom stereocenters. The maximum Gasteiger partial charge on any atom is 0.262 e. The van der Waals surface area contributed by atoms with Gasteiger partial charge in [-0.25, -0.2) is 0 Å². The molecule has 256 valence electrons. The Hall–Kier alpha value is -5.32. The molecule has 1 saturated carbocycles. The number of piperidine rings is 1. The van der Waals surface area contributed by atoms with Crippen molar-refractivity contribution in [1.29, 1.82) is 0 Å². The Balaban J connectivity index is 0.912. The van der Waals surface area contributed by atoms with Crippen LogP contribution in [0.3, 0.4) is 0 Å². The molecule has 4 aliphatic heterocycles. The van der Waals surface area contributed by atoms with Crippen LogP contribution in [0.15, 0.2) is 42.5 Å². The summed E-state index contributed by atoms with van der Waals surface area (Å²) in [5.74, 6) is 5.36. The van der Waals surface area contributed by atoms with Crippen LogP contribution in [0.25, 0.3) is 11.3 Å². The largest absolute Gasteiger partial charge is 0.507 e. The molecule has 4 amide bonds. The fourth-order valence-corrected chi connectivity index (χ4v) is 7.97. The minimum absolute atomic E-state index is 0.0739. The monoisotopic (exact) mass is 676 g/mol. The van der Waals surface area contributed by atoms with E-state index in [1.807, 2.05) is 6.07 Å². The van der Waals surface area contributed by atoms with Crippen LogP contribution < -0.4 is 15.8 Å². The van der Waals surface area contributed by atoms with Crippen molar-refractivity contribution in [1.82, 2.24) is 25.3 Å². The Bertz CT molecular complexity index is 2020. The summed E-state index contributed by atoms with van der Waals surface area (Å²) in [6, 6.07) is 11.4. The van der Waals surface area contributed by atoms with Crippen LogP contribution in [0.1, 0.15) is 76.8 Å². The number of hydrogen-bond acceptors (Lipinski definition) is 11. The lowest BCUT2D eigenvalue weighted by atomic mass is 9.77. The van der Waals surface area contributed by atoms with Crippen molar-refractivity contribution in [3.8, 4) is 34.6 Å². The van der Waals surface area contributed by atoms with E-state index in [0.717, 1.165) is 55.7 Å². The number of likely N-dealkylation sites (tertiary alicyclic amines) is 1. The van der Waals surface area contributed by atoms with Gasteiger partial charge in [0.05, 0.1) is 22.4 Å². The molecular formula is C37H36N6O7. The van der Waals surface area contributed by atoms with Crippen molar-refractivity contribution in [2.75, 3.05) is 25.9 Å².